The second kappa shape index (κ2) is 6.83. The van der Waals surface area contributed by atoms with Crippen molar-refractivity contribution in [1.29, 1.82) is 0 Å². The summed E-state index contributed by atoms with van der Waals surface area (Å²) in [5, 5.41) is 5.92. The first-order valence-electron chi connectivity index (χ1n) is 8.25. The van der Waals surface area contributed by atoms with Crippen molar-refractivity contribution in [1.82, 2.24) is 10.3 Å². The number of fused-ring (bicyclic) bond motifs is 1. The van der Waals surface area contributed by atoms with Crippen LogP contribution in [0.15, 0.2) is 36.7 Å². The van der Waals surface area contributed by atoms with Gasteiger partial charge in [0.25, 0.3) is 5.91 Å². The molecule has 0 fully saturated rings. The molecule has 0 radical (unpaired) electrons. The highest BCUT2D eigenvalue weighted by molar-refractivity contribution is 5.96. The molecule has 1 aliphatic rings. The number of anilines is 1. The van der Waals surface area contributed by atoms with Gasteiger partial charge in [0.05, 0.1) is 6.04 Å². The summed E-state index contributed by atoms with van der Waals surface area (Å²) in [6, 6.07) is 7.56. The quantitative estimate of drug-likeness (QED) is 0.908. The average Bonchev–Trinajstić information content (AvgIpc) is 2.61. The number of benzene rings is 1. The molecule has 124 valence electrons. The number of pyridine rings is 1. The predicted octanol–water partition coefficient (Wildman–Crippen LogP) is 3.02. The molecule has 0 aliphatic carbocycles. The highest BCUT2D eigenvalue weighted by atomic mass is 16.2. The monoisotopic (exact) mass is 323 g/mol. The number of aromatic nitrogens is 1. The zero-order valence-electron chi connectivity index (χ0n) is 13.9. The van der Waals surface area contributed by atoms with Crippen molar-refractivity contribution in [2.24, 2.45) is 0 Å². The SMILES string of the molecule is CCc1cnccc1C(=O)N[C@@H](C)c1ccc2c(c1)CCC(=O)N2. The third-order valence-electron chi connectivity index (χ3n) is 4.40. The van der Waals surface area contributed by atoms with Crippen LogP contribution < -0.4 is 10.6 Å². The van der Waals surface area contributed by atoms with Gasteiger partial charge >= 0.3 is 0 Å². The van der Waals surface area contributed by atoms with Gasteiger partial charge in [0.1, 0.15) is 0 Å². The first kappa shape index (κ1) is 16.2. The van der Waals surface area contributed by atoms with Crippen LogP contribution in [0.4, 0.5) is 5.69 Å². The van der Waals surface area contributed by atoms with Crippen LogP contribution in [-0.4, -0.2) is 16.8 Å². The maximum absolute atomic E-state index is 12.5. The topological polar surface area (TPSA) is 71.1 Å². The molecule has 24 heavy (non-hydrogen) atoms. The summed E-state index contributed by atoms with van der Waals surface area (Å²) in [5.74, 6) is -0.0332. The molecule has 5 heteroatoms. The van der Waals surface area contributed by atoms with Gasteiger partial charge in [-0.25, -0.2) is 0 Å². The fraction of sp³-hybridized carbons (Fsp3) is 0.316. The Morgan fingerprint density at radius 2 is 2.17 bits per heavy atom. The van der Waals surface area contributed by atoms with Crippen molar-refractivity contribution >= 4 is 17.5 Å². The molecule has 2 heterocycles. The van der Waals surface area contributed by atoms with Crippen LogP contribution in [0.5, 0.6) is 0 Å². The number of nitrogens with one attached hydrogen (secondary N) is 2. The van der Waals surface area contributed by atoms with E-state index in [4.69, 9.17) is 0 Å². The lowest BCUT2D eigenvalue weighted by Gasteiger charge is -2.20. The largest absolute Gasteiger partial charge is 0.346 e. The minimum atomic E-state index is -0.113. The average molecular weight is 323 g/mol. The number of carbonyl (C=O) groups excluding carboxylic acids is 2. The number of hydrogen-bond donors (Lipinski definition) is 2. The molecular weight excluding hydrogens is 302 g/mol. The van der Waals surface area contributed by atoms with E-state index in [1.54, 1.807) is 18.5 Å². The van der Waals surface area contributed by atoms with E-state index in [1.807, 2.05) is 26.0 Å². The van der Waals surface area contributed by atoms with Crippen molar-refractivity contribution in [2.45, 2.75) is 39.2 Å². The predicted molar refractivity (Wildman–Crippen MR) is 92.9 cm³/mol. The molecule has 5 nitrogen and oxygen atoms in total. The van der Waals surface area contributed by atoms with E-state index < -0.39 is 0 Å². The van der Waals surface area contributed by atoms with Gasteiger partial charge in [0.2, 0.25) is 5.91 Å². The van der Waals surface area contributed by atoms with E-state index in [-0.39, 0.29) is 17.9 Å². The van der Waals surface area contributed by atoms with E-state index in [0.29, 0.717) is 12.0 Å². The van der Waals surface area contributed by atoms with Crippen LogP contribution in [0.3, 0.4) is 0 Å². The van der Waals surface area contributed by atoms with Gasteiger partial charge in [-0.15, -0.1) is 0 Å². The van der Waals surface area contributed by atoms with Crippen molar-refractivity contribution < 1.29 is 9.59 Å². The summed E-state index contributed by atoms with van der Waals surface area (Å²) >= 11 is 0. The van der Waals surface area contributed by atoms with Gasteiger partial charge in [-0.05, 0) is 48.6 Å². The molecule has 2 N–H and O–H groups in total. The molecule has 0 spiro atoms. The Hall–Kier alpha value is -2.69. The normalized spacial score (nSPS) is 14.5. The minimum Gasteiger partial charge on any atom is -0.346 e. The van der Waals surface area contributed by atoms with Crippen LogP contribution in [0, 0.1) is 0 Å². The smallest absolute Gasteiger partial charge is 0.252 e. The van der Waals surface area contributed by atoms with Gasteiger partial charge in [0.15, 0.2) is 0 Å². The molecule has 2 amide bonds. The highest BCUT2D eigenvalue weighted by Gasteiger charge is 2.18. The lowest BCUT2D eigenvalue weighted by molar-refractivity contribution is -0.116. The molecule has 0 saturated carbocycles. The van der Waals surface area contributed by atoms with Crippen LogP contribution in [0.1, 0.15) is 53.4 Å². The summed E-state index contributed by atoms with van der Waals surface area (Å²) in [6.07, 6.45) is 5.39. The minimum absolute atomic E-state index is 0.0568. The molecule has 1 atom stereocenters. The Morgan fingerprint density at radius 3 is 2.96 bits per heavy atom. The number of rotatable bonds is 4. The van der Waals surface area contributed by atoms with Gasteiger partial charge in [-0.1, -0.05) is 19.1 Å². The summed E-state index contributed by atoms with van der Waals surface area (Å²) < 4.78 is 0. The van der Waals surface area contributed by atoms with Crippen molar-refractivity contribution in [3.05, 3.63) is 58.9 Å². The maximum Gasteiger partial charge on any atom is 0.252 e. The maximum atomic E-state index is 12.5. The Balaban J connectivity index is 1.76. The lowest BCUT2D eigenvalue weighted by atomic mass is 9.97. The summed E-state index contributed by atoms with van der Waals surface area (Å²) in [5.41, 5.74) is 4.63. The summed E-state index contributed by atoms with van der Waals surface area (Å²) in [6.45, 7) is 3.98. The van der Waals surface area contributed by atoms with E-state index in [9.17, 15) is 9.59 Å². The number of nitrogens with zero attached hydrogens (tertiary/aromatic N) is 1. The summed E-state index contributed by atoms with van der Waals surface area (Å²) in [7, 11) is 0. The first-order chi connectivity index (χ1) is 11.6. The van der Waals surface area contributed by atoms with Crippen molar-refractivity contribution in [2.75, 3.05) is 5.32 Å². The Kier molecular flexibility index (Phi) is 4.60. The molecule has 2 aromatic rings. The Bertz CT molecular complexity index is 786. The Labute approximate surface area is 141 Å². The highest BCUT2D eigenvalue weighted by Crippen LogP contribution is 2.26. The van der Waals surface area contributed by atoms with Crippen molar-refractivity contribution in [3.63, 3.8) is 0 Å². The molecule has 1 aromatic heterocycles. The molecular formula is C19H21N3O2. The first-order valence-corrected chi connectivity index (χ1v) is 8.25. The molecule has 0 bridgehead atoms. The van der Waals surface area contributed by atoms with Crippen LogP contribution >= 0.6 is 0 Å². The second-order valence-electron chi connectivity index (χ2n) is 6.05. The number of hydrogen-bond acceptors (Lipinski definition) is 3. The fourth-order valence-electron chi connectivity index (χ4n) is 2.96. The number of amides is 2. The van der Waals surface area contributed by atoms with Gasteiger partial charge in [-0.2, -0.15) is 0 Å². The van der Waals surface area contributed by atoms with E-state index in [2.05, 4.69) is 21.7 Å². The summed E-state index contributed by atoms with van der Waals surface area (Å²) in [4.78, 5) is 28.1. The van der Waals surface area contributed by atoms with Crippen LogP contribution in [0.25, 0.3) is 0 Å². The van der Waals surface area contributed by atoms with Gasteiger partial charge in [-0.3, -0.25) is 14.6 Å². The molecule has 0 saturated heterocycles. The third-order valence-corrected chi connectivity index (χ3v) is 4.40. The number of aryl methyl sites for hydroxylation is 2. The standard InChI is InChI=1S/C19H21N3O2/c1-3-13-11-20-9-8-16(13)19(24)21-12(2)14-4-6-17-15(10-14)5-7-18(23)22-17/h4,6,8-12H,3,5,7H2,1-2H3,(H,21,24)(H,22,23)/t12-/m0/s1. The second-order valence-corrected chi connectivity index (χ2v) is 6.05. The molecule has 3 rings (SSSR count). The lowest BCUT2D eigenvalue weighted by Crippen LogP contribution is -2.28. The van der Waals surface area contributed by atoms with Gasteiger partial charge in [0, 0.05) is 30.1 Å². The Morgan fingerprint density at radius 1 is 1.33 bits per heavy atom. The zero-order chi connectivity index (χ0) is 17.1. The number of carbonyl (C=O) groups is 2. The fourth-order valence-corrected chi connectivity index (χ4v) is 2.96. The molecule has 1 aromatic carbocycles. The van der Waals surface area contributed by atoms with E-state index >= 15 is 0 Å². The van der Waals surface area contributed by atoms with Crippen LogP contribution in [-0.2, 0) is 17.6 Å². The van der Waals surface area contributed by atoms with Gasteiger partial charge < -0.3 is 10.6 Å². The van der Waals surface area contributed by atoms with Crippen molar-refractivity contribution in [3.8, 4) is 0 Å². The molecule has 0 unspecified atom stereocenters. The van der Waals surface area contributed by atoms with E-state index in [0.717, 1.165) is 35.2 Å². The van der Waals surface area contributed by atoms with Crippen LogP contribution in [0.2, 0.25) is 0 Å². The van der Waals surface area contributed by atoms with E-state index in [1.165, 1.54) is 0 Å². The molecule has 1 aliphatic heterocycles. The zero-order valence-corrected chi connectivity index (χ0v) is 13.9. The third kappa shape index (κ3) is 3.30.